The number of nitrogens with zero attached hydrogens (tertiary/aromatic N) is 1. The van der Waals surface area contributed by atoms with Gasteiger partial charge in [-0.2, -0.15) is 0 Å². The number of amides is 2. The molecule has 0 saturated carbocycles. The van der Waals surface area contributed by atoms with Crippen molar-refractivity contribution in [1.82, 2.24) is 10.2 Å². The highest BCUT2D eigenvalue weighted by atomic mass is 16.6. The number of hydrogen-bond donors (Lipinski definition) is 2. The van der Waals surface area contributed by atoms with Gasteiger partial charge in [0.05, 0.1) is 20.1 Å². The highest BCUT2D eigenvalue weighted by Gasteiger charge is 2.37. The zero-order valence-corrected chi connectivity index (χ0v) is 19.4. The molecule has 0 saturated heterocycles. The van der Waals surface area contributed by atoms with Crippen LogP contribution in [-0.4, -0.2) is 72.0 Å². The Kier molecular flexibility index (Phi) is 11.1. The summed E-state index contributed by atoms with van der Waals surface area (Å²) < 4.78 is 14.9. The van der Waals surface area contributed by atoms with E-state index in [-0.39, 0.29) is 13.2 Å². The van der Waals surface area contributed by atoms with Gasteiger partial charge in [0, 0.05) is 6.54 Å². The van der Waals surface area contributed by atoms with Gasteiger partial charge in [0.1, 0.15) is 18.2 Å². The van der Waals surface area contributed by atoms with Crippen LogP contribution in [0.3, 0.4) is 0 Å². The minimum Gasteiger partial charge on any atom is -0.467 e. The molecule has 0 fully saturated rings. The van der Waals surface area contributed by atoms with Gasteiger partial charge < -0.3 is 29.5 Å². The molecule has 0 aliphatic carbocycles. The monoisotopic (exact) mass is 464 g/mol. The number of benzene rings is 1. The summed E-state index contributed by atoms with van der Waals surface area (Å²) in [5.41, 5.74) is -0.205. The predicted molar refractivity (Wildman–Crippen MR) is 119 cm³/mol. The molecule has 0 spiro atoms. The topological polar surface area (TPSA) is 131 Å². The van der Waals surface area contributed by atoms with Crippen molar-refractivity contribution >= 4 is 23.9 Å². The number of nitrogens with one attached hydrogen (secondary N) is 1. The molecule has 2 atom stereocenters. The van der Waals surface area contributed by atoms with Crippen molar-refractivity contribution < 1.29 is 38.5 Å². The SMILES string of the molecule is C=CCOC(=O)C[C@H](NC(=O)OC(C)(C)C)C(=O)N(Cc1ccccc1)[C@@H](CO)C(=O)OC. The molecule has 0 heterocycles. The van der Waals surface area contributed by atoms with Crippen LogP contribution < -0.4 is 5.32 Å². The number of ether oxygens (including phenoxy) is 3. The molecule has 1 rings (SSSR count). The lowest BCUT2D eigenvalue weighted by molar-refractivity contribution is -0.157. The highest BCUT2D eigenvalue weighted by molar-refractivity contribution is 5.92. The average molecular weight is 465 g/mol. The molecule has 0 bridgehead atoms. The number of alkyl carbamates (subject to hydrolysis) is 1. The first-order valence-corrected chi connectivity index (χ1v) is 10.3. The van der Waals surface area contributed by atoms with E-state index in [1.54, 1.807) is 51.1 Å². The van der Waals surface area contributed by atoms with Crippen LogP contribution >= 0.6 is 0 Å². The van der Waals surface area contributed by atoms with Crippen molar-refractivity contribution in [3.05, 3.63) is 48.6 Å². The van der Waals surface area contributed by atoms with Crippen molar-refractivity contribution in [3.8, 4) is 0 Å². The molecule has 10 nitrogen and oxygen atoms in total. The quantitative estimate of drug-likeness (QED) is 0.287. The maximum atomic E-state index is 13.5. The van der Waals surface area contributed by atoms with Gasteiger partial charge in [-0.15, -0.1) is 0 Å². The Hall–Kier alpha value is -3.40. The van der Waals surface area contributed by atoms with Crippen LogP contribution in [-0.2, 0) is 35.1 Å². The molecule has 1 aromatic carbocycles. The standard InChI is InChI=1S/C23H32N2O8/c1-6-12-32-19(27)13-17(24-22(30)33-23(2,3)4)20(28)25(18(15-26)21(29)31-5)14-16-10-8-7-9-11-16/h6-11,17-18,26H,1,12-15H2,2-5H3,(H,24,30)/t17-,18-/m0/s1. The number of rotatable bonds is 11. The van der Waals surface area contributed by atoms with E-state index in [1.165, 1.54) is 6.08 Å². The molecular weight excluding hydrogens is 432 g/mol. The van der Waals surface area contributed by atoms with Gasteiger partial charge in [0.2, 0.25) is 5.91 Å². The third-order valence-electron chi connectivity index (χ3n) is 4.22. The molecule has 0 radical (unpaired) electrons. The second-order valence-corrected chi connectivity index (χ2v) is 8.05. The lowest BCUT2D eigenvalue weighted by atomic mass is 10.1. The maximum absolute atomic E-state index is 13.5. The molecule has 182 valence electrons. The Balaban J connectivity index is 3.28. The molecule has 10 heteroatoms. The summed E-state index contributed by atoms with van der Waals surface area (Å²) in [6.45, 7) is 7.47. The van der Waals surface area contributed by atoms with Crippen LogP contribution in [0.25, 0.3) is 0 Å². The van der Waals surface area contributed by atoms with E-state index in [9.17, 15) is 24.3 Å². The minimum absolute atomic E-state index is 0.0820. The summed E-state index contributed by atoms with van der Waals surface area (Å²) >= 11 is 0. The van der Waals surface area contributed by atoms with Gasteiger partial charge in [0.15, 0.2) is 6.04 Å². The van der Waals surface area contributed by atoms with Crippen LogP contribution in [0.2, 0.25) is 0 Å². The van der Waals surface area contributed by atoms with Crippen LogP contribution in [0.15, 0.2) is 43.0 Å². The minimum atomic E-state index is -1.43. The van der Waals surface area contributed by atoms with Crippen LogP contribution in [0.1, 0.15) is 32.8 Å². The average Bonchev–Trinajstić information content (AvgIpc) is 2.75. The van der Waals surface area contributed by atoms with Gasteiger partial charge >= 0.3 is 18.0 Å². The number of methoxy groups -OCH3 is 1. The summed E-state index contributed by atoms with van der Waals surface area (Å²) in [6, 6.07) is 5.92. The lowest BCUT2D eigenvalue weighted by Gasteiger charge is -2.32. The number of hydrogen-bond acceptors (Lipinski definition) is 8. The van der Waals surface area contributed by atoms with E-state index in [2.05, 4.69) is 11.9 Å². The summed E-state index contributed by atoms with van der Waals surface area (Å²) in [5, 5.41) is 12.2. The lowest BCUT2D eigenvalue weighted by Crippen LogP contribution is -2.56. The van der Waals surface area contributed by atoms with Crippen molar-refractivity contribution in [2.75, 3.05) is 20.3 Å². The fraction of sp³-hybridized carbons (Fsp3) is 0.478. The summed E-state index contributed by atoms with van der Waals surface area (Å²) in [7, 11) is 1.12. The molecular formula is C23H32N2O8. The summed E-state index contributed by atoms with van der Waals surface area (Å²) in [4.78, 5) is 51.4. The van der Waals surface area contributed by atoms with Crippen molar-refractivity contribution in [1.29, 1.82) is 0 Å². The maximum Gasteiger partial charge on any atom is 0.408 e. The molecule has 0 unspecified atom stereocenters. The second kappa shape index (κ2) is 13.2. The van der Waals surface area contributed by atoms with E-state index < -0.39 is 54.7 Å². The normalized spacial score (nSPS) is 12.6. The fourth-order valence-electron chi connectivity index (χ4n) is 2.79. The van der Waals surface area contributed by atoms with Gasteiger partial charge in [-0.25, -0.2) is 9.59 Å². The Morgan fingerprint density at radius 1 is 1.18 bits per heavy atom. The van der Waals surface area contributed by atoms with E-state index >= 15 is 0 Å². The zero-order valence-electron chi connectivity index (χ0n) is 19.4. The van der Waals surface area contributed by atoms with E-state index in [0.29, 0.717) is 5.56 Å². The van der Waals surface area contributed by atoms with E-state index in [0.717, 1.165) is 12.0 Å². The number of carbonyl (C=O) groups is 4. The summed E-state index contributed by atoms with van der Waals surface area (Å²) in [6.07, 6.45) is -0.108. The number of aliphatic hydroxyl groups is 1. The molecule has 0 aromatic heterocycles. The smallest absolute Gasteiger partial charge is 0.408 e. The molecule has 2 N–H and O–H groups in total. The van der Waals surface area contributed by atoms with Crippen molar-refractivity contribution in [2.45, 2.75) is 51.4 Å². The van der Waals surface area contributed by atoms with Crippen LogP contribution in [0, 0.1) is 0 Å². The Morgan fingerprint density at radius 2 is 1.82 bits per heavy atom. The first kappa shape index (κ1) is 27.6. The van der Waals surface area contributed by atoms with Crippen LogP contribution in [0.4, 0.5) is 4.79 Å². The zero-order chi connectivity index (χ0) is 25.0. The first-order valence-electron chi connectivity index (χ1n) is 10.3. The fourth-order valence-corrected chi connectivity index (χ4v) is 2.79. The first-order chi connectivity index (χ1) is 15.5. The molecule has 0 aliphatic rings. The van der Waals surface area contributed by atoms with Gasteiger partial charge in [0.25, 0.3) is 0 Å². The van der Waals surface area contributed by atoms with Crippen molar-refractivity contribution in [2.24, 2.45) is 0 Å². The number of esters is 2. The summed E-state index contributed by atoms with van der Waals surface area (Å²) in [5.74, 6) is -2.43. The van der Waals surface area contributed by atoms with Crippen LogP contribution in [0.5, 0.6) is 0 Å². The highest BCUT2D eigenvalue weighted by Crippen LogP contribution is 2.15. The Morgan fingerprint density at radius 3 is 2.33 bits per heavy atom. The molecule has 1 aromatic rings. The predicted octanol–water partition coefficient (Wildman–Crippen LogP) is 1.56. The number of carbonyl (C=O) groups excluding carboxylic acids is 4. The van der Waals surface area contributed by atoms with Crippen molar-refractivity contribution in [3.63, 3.8) is 0 Å². The number of aliphatic hydroxyl groups excluding tert-OH is 1. The third-order valence-corrected chi connectivity index (χ3v) is 4.22. The largest absolute Gasteiger partial charge is 0.467 e. The van der Waals surface area contributed by atoms with E-state index in [4.69, 9.17) is 14.2 Å². The Bertz CT molecular complexity index is 820. The molecule has 0 aliphatic heterocycles. The molecule has 33 heavy (non-hydrogen) atoms. The Labute approximate surface area is 193 Å². The van der Waals surface area contributed by atoms with E-state index in [1.807, 2.05) is 0 Å². The van der Waals surface area contributed by atoms with Gasteiger partial charge in [-0.1, -0.05) is 43.0 Å². The molecule has 2 amide bonds. The third kappa shape index (κ3) is 9.73. The second-order valence-electron chi connectivity index (χ2n) is 8.05. The van der Waals surface area contributed by atoms with Gasteiger partial charge in [-0.05, 0) is 26.3 Å². The van der Waals surface area contributed by atoms with Gasteiger partial charge in [-0.3, -0.25) is 9.59 Å².